The molecule has 1 N–H and O–H groups in total. The normalized spacial score (nSPS) is 17.4. The van der Waals surface area contributed by atoms with Gasteiger partial charge in [0.25, 0.3) is 5.91 Å². The summed E-state index contributed by atoms with van der Waals surface area (Å²) in [6.07, 6.45) is 1.24. The zero-order valence-corrected chi connectivity index (χ0v) is 17.2. The molecule has 0 aliphatic carbocycles. The quantitative estimate of drug-likeness (QED) is 0.813. The number of hydrogen-bond donors (Lipinski definition) is 1. The van der Waals surface area contributed by atoms with E-state index in [1.165, 1.54) is 11.8 Å². The summed E-state index contributed by atoms with van der Waals surface area (Å²) in [6.45, 7) is 0. The average molecular weight is 412 g/mol. The number of amides is 1. The standard InChI is InChI=1S/C20H20N4O4S/c1-26-14-10-9-12(16(27-2)17(14)28-3)18-21-13-8-6-5-7-11(13)15-19(25)22-20(29-4)23-24(15)18/h5-10,18H,1-4H3,(H,22,23,25)/t18-/m0/s1. The van der Waals surface area contributed by atoms with Crippen LogP contribution in [-0.4, -0.2) is 43.7 Å². The minimum atomic E-state index is -0.608. The van der Waals surface area contributed by atoms with Crippen LogP contribution in [0.4, 0.5) is 0 Å². The molecule has 150 valence electrons. The molecule has 2 aromatic rings. The maximum Gasteiger partial charge on any atom is 0.276 e. The van der Waals surface area contributed by atoms with Crippen molar-refractivity contribution in [2.75, 3.05) is 27.6 Å². The van der Waals surface area contributed by atoms with Crippen molar-refractivity contribution in [1.82, 2.24) is 10.3 Å². The molecule has 2 aromatic carbocycles. The van der Waals surface area contributed by atoms with E-state index in [0.717, 1.165) is 5.22 Å². The second kappa shape index (κ2) is 7.67. The lowest BCUT2D eigenvalue weighted by atomic mass is 10.1. The van der Waals surface area contributed by atoms with Crippen LogP contribution in [0.5, 0.6) is 17.2 Å². The van der Waals surface area contributed by atoms with Crippen LogP contribution in [0, 0.1) is 0 Å². The van der Waals surface area contributed by atoms with Crippen LogP contribution >= 0.6 is 11.8 Å². The molecule has 0 saturated heterocycles. The van der Waals surface area contributed by atoms with Gasteiger partial charge in [-0.2, -0.15) is 0 Å². The molecule has 0 bridgehead atoms. The molecule has 0 fully saturated rings. The molecule has 0 unspecified atom stereocenters. The van der Waals surface area contributed by atoms with Crippen molar-refractivity contribution in [2.24, 2.45) is 10.1 Å². The Labute approximate surface area is 171 Å². The minimum Gasteiger partial charge on any atom is -0.493 e. The molecule has 1 amide bonds. The second-order valence-corrected chi connectivity index (χ2v) is 6.99. The number of ether oxygens (including phenoxy) is 3. The summed E-state index contributed by atoms with van der Waals surface area (Å²) in [5, 5.41) is 11.0. The Morgan fingerprint density at radius 1 is 1.03 bits per heavy atom. The van der Waals surface area contributed by atoms with E-state index in [0.29, 0.717) is 39.0 Å². The number of para-hydroxylation sites is 1. The number of nitrogens with one attached hydrogen (secondary N) is 1. The first-order valence-corrected chi connectivity index (χ1v) is 10.0. The van der Waals surface area contributed by atoms with E-state index in [1.54, 1.807) is 32.4 Å². The molecule has 4 rings (SSSR count). The molecule has 9 heteroatoms. The predicted octanol–water partition coefficient (Wildman–Crippen LogP) is 1.22. The molecule has 0 radical (unpaired) electrons. The number of carbonyl (C=O) groups is 1. The summed E-state index contributed by atoms with van der Waals surface area (Å²) in [4.78, 5) is 17.8. The monoisotopic (exact) mass is 412 g/mol. The number of methoxy groups -OCH3 is 3. The van der Waals surface area contributed by atoms with Gasteiger partial charge in [0.1, 0.15) is 5.70 Å². The Morgan fingerprint density at radius 3 is 2.48 bits per heavy atom. The molecule has 0 aromatic heterocycles. The first kappa shape index (κ1) is 19.1. The fourth-order valence-corrected chi connectivity index (χ4v) is 3.81. The highest BCUT2D eigenvalue weighted by atomic mass is 32.2. The second-order valence-electron chi connectivity index (χ2n) is 6.20. The van der Waals surface area contributed by atoms with Gasteiger partial charge in [-0.25, -0.2) is 5.01 Å². The van der Waals surface area contributed by atoms with E-state index in [9.17, 15) is 4.79 Å². The molecular formula is C20H20N4O4S. The van der Waals surface area contributed by atoms with Gasteiger partial charge < -0.3 is 14.2 Å². The average Bonchev–Trinajstić information content (AvgIpc) is 2.76. The van der Waals surface area contributed by atoms with Crippen LogP contribution < -0.4 is 30.1 Å². The maximum absolute atomic E-state index is 12.9. The zero-order chi connectivity index (χ0) is 20.5. The highest BCUT2D eigenvalue weighted by Crippen LogP contribution is 2.45. The number of hydrogen-bond acceptors (Lipinski definition) is 8. The third-order valence-corrected chi connectivity index (χ3v) is 5.29. The lowest BCUT2D eigenvalue weighted by Gasteiger charge is -2.34. The molecule has 2 aliphatic heterocycles. The molecule has 2 aliphatic rings. The van der Waals surface area contributed by atoms with Crippen molar-refractivity contribution in [3.63, 3.8) is 0 Å². The van der Waals surface area contributed by atoms with E-state index in [-0.39, 0.29) is 5.91 Å². The number of amidine groups is 1. The highest BCUT2D eigenvalue weighted by molar-refractivity contribution is 8.13. The van der Waals surface area contributed by atoms with Gasteiger partial charge in [0.15, 0.2) is 22.8 Å². The van der Waals surface area contributed by atoms with Crippen LogP contribution in [0.1, 0.15) is 11.7 Å². The SMILES string of the molecule is COc1ccc([C@H]2N=c3ccccc3=C3C(=O)NC(SC)=NN32)c(OC)c1OC. The summed E-state index contributed by atoms with van der Waals surface area (Å²) >= 11 is 1.35. The van der Waals surface area contributed by atoms with Gasteiger partial charge in [-0.3, -0.25) is 15.1 Å². The van der Waals surface area contributed by atoms with Crippen LogP contribution in [0.3, 0.4) is 0 Å². The number of nitrogens with zero attached hydrogens (tertiary/aromatic N) is 3. The van der Waals surface area contributed by atoms with Gasteiger partial charge in [-0.05, 0) is 24.5 Å². The molecule has 0 spiro atoms. The summed E-state index contributed by atoms with van der Waals surface area (Å²) < 4.78 is 16.6. The molecule has 29 heavy (non-hydrogen) atoms. The van der Waals surface area contributed by atoms with E-state index < -0.39 is 6.17 Å². The number of thioether (sulfide) groups is 1. The fraction of sp³-hybridized carbons (Fsp3) is 0.250. The number of fused-ring (bicyclic) bond motifs is 2. The van der Waals surface area contributed by atoms with Gasteiger partial charge in [-0.1, -0.05) is 30.0 Å². The Kier molecular flexibility index (Phi) is 5.06. The van der Waals surface area contributed by atoms with Gasteiger partial charge in [0.2, 0.25) is 5.75 Å². The lowest BCUT2D eigenvalue weighted by molar-refractivity contribution is -0.116. The maximum atomic E-state index is 12.9. The van der Waals surface area contributed by atoms with E-state index >= 15 is 0 Å². The van der Waals surface area contributed by atoms with E-state index in [4.69, 9.17) is 19.2 Å². The first-order valence-electron chi connectivity index (χ1n) is 8.82. The summed E-state index contributed by atoms with van der Waals surface area (Å²) in [7, 11) is 4.67. The highest BCUT2D eigenvalue weighted by Gasteiger charge is 2.36. The van der Waals surface area contributed by atoms with Crippen molar-refractivity contribution in [1.29, 1.82) is 0 Å². The smallest absolute Gasteiger partial charge is 0.276 e. The fourth-order valence-electron chi connectivity index (χ4n) is 3.45. The van der Waals surface area contributed by atoms with Crippen molar-refractivity contribution in [3.05, 3.63) is 52.5 Å². The number of hydrazone groups is 1. The Hall–Kier alpha value is -3.20. The van der Waals surface area contributed by atoms with Crippen molar-refractivity contribution in [3.8, 4) is 17.2 Å². The molecule has 2 heterocycles. The van der Waals surface area contributed by atoms with Crippen LogP contribution in [0.25, 0.3) is 5.70 Å². The van der Waals surface area contributed by atoms with Crippen molar-refractivity contribution < 1.29 is 19.0 Å². The Bertz CT molecular complexity index is 1130. The predicted molar refractivity (Wildman–Crippen MR) is 110 cm³/mol. The number of rotatable bonds is 4. The topological polar surface area (TPSA) is 84.8 Å². The van der Waals surface area contributed by atoms with Crippen LogP contribution in [0.2, 0.25) is 0 Å². The largest absolute Gasteiger partial charge is 0.493 e. The third kappa shape index (κ3) is 3.07. The van der Waals surface area contributed by atoms with Crippen LogP contribution in [-0.2, 0) is 4.79 Å². The molecule has 1 atom stereocenters. The lowest BCUT2D eigenvalue weighted by Crippen LogP contribution is -2.50. The number of benzene rings is 2. The van der Waals surface area contributed by atoms with Crippen molar-refractivity contribution in [2.45, 2.75) is 6.17 Å². The van der Waals surface area contributed by atoms with Gasteiger partial charge in [0, 0.05) is 10.8 Å². The minimum absolute atomic E-state index is 0.226. The Morgan fingerprint density at radius 2 is 1.79 bits per heavy atom. The first-order chi connectivity index (χ1) is 14.1. The summed E-state index contributed by atoms with van der Waals surface area (Å²) in [5.74, 6) is 1.25. The van der Waals surface area contributed by atoms with Gasteiger partial charge >= 0.3 is 0 Å². The molecule has 8 nitrogen and oxygen atoms in total. The van der Waals surface area contributed by atoms with Crippen LogP contribution in [0.15, 0.2) is 46.5 Å². The van der Waals surface area contributed by atoms with Gasteiger partial charge in [-0.15, -0.1) is 5.10 Å². The summed E-state index contributed by atoms with van der Waals surface area (Å²) in [5.41, 5.74) is 1.14. The van der Waals surface area contributed by atoms with E-state index in [2.05, 4.69) is 10.4 Å². The third-order valence-electron chi connectivity index (χ3n) is 4.72. The Balaban J connectivity index is 2.00. The molecule has 0 saturated carbocycles. The number of carbonyl (C=O) groups excluding carboxylic acids is 1. The molecular weight excluding hydrogens is 392 g/mol. The van der Waals surface area contributed by atoms with Gasteiger partial charge in [0.05, 0.1) is 26.7 Å². The van der Waals surface area contributed by atoms with E-state index in [1.807, 2.05) is 36.6 Å². The van der Waals surface area contributed by atoms with Crippen molar-refractivity contribution >= 4 is 28.5 Å². The zero-order valence-electron chi connectivity index (χ0n) is 16.4. The summed E-state index contributed by atoms with van der Waals surface area (Å²) in [6, 6.07) is 11.1.